The first-order chi connectivity index (χ1) is 9.99. The van der Waals surface area contributed by atoms with E-state index in [1.165, 1.54) is 18.2 Å². The van der Waals surface area contributed by atoms with Gasteiger partial charge in [-0.15, -0.1) is 0 Å². The number of hydrogen-bond acceptors (Lipinski definition) is 2. The van der Waals surface area contributed by atoms with E-state index in [1.54, 1.807) is 19.1 Å². The van der Waals surface area contributed by atoms with Crippen molar-refractivity contribution in [1.82, 2.24) is 5.43 Å². The standard InChI is InChI=1S/C16H14ClFN2O/c1-10-5-3-4-6-13(10)16(21)20-19-11(2)14-8-7-12(18)9-15(14)17/h3-9H,1-2H3,(H,20,21)/b19-11-. The largest absolute Gasteiger partial charge is 0.271 e. The lowest BCUT2D eigenvalue weighted by Gasteiger charge is -2.06. The van der Waals surface area contributed by atoms with Crippen molar-refractivity contribution in [2.75, 3.05) is 0 Å². The highest BCUT2D eigenvalue weighted by Crippen LogP contribution is 2.18. The third-order valence-electron chi connectivity index (χ3n) is 3.04. The minimum absolute atomic E-state index is 0.251. The number of hydrogen-bond donors (Lipinski definition) is 1. The Bertz CT molecular complexity index is 713. The number of benzene rings is 2. The summed E-state index contributed by atoms with van der Waals surface area (Å²) in [6.07, 6.45) is 0. The SMILES string of the molecule is C/C(=N/NC(=O)c1ccccc1C)c1ccc(F)cc1Cl. The molecule has 0 aliphatic rings. The predicted octanol–water partition coefficient (Wildman–Crippen LogP) is 3.94. The molecule has 5 heteroatoms. The molecule has 0 bridgehead atoms. The zero-order valence-corrected chi connectivity index (χ0v) is 12.4. The third-order valence-corrected chi connectivity index (χ3v) is 3.35. The van der Waals surface area contributed by atoms with Crippen LogP contribution >= 0.6 is 11.6 Å². The molecular formula is C16H14ClFN2O. The summed E-state index contributed by atoms with van der Waals surface area (Å²) in [5, 5.41) is 4.26. The Morgan fingerprint density at radius 3 is 2.57 bits per heavy atom. The van der Waals surface area contributed by atoms with Crippen LogP contribution in [0.3, 0.4) is 0 Å². The van der Waals surface area contributed by atoms with E-state index in [-0.39, 0.29) is 10.9 Å². The third kappa shape index (κ3) is 3.67. The number of carbonyl (C=O) groups is 1. The summed E-state index contributed by atoms with van der Waals surface area (Å²) < 4.78 is 13.0. The van der Waals surface area contributed by atoms with Crippen LogP contribution in [0.15, 0.2) is 47.6 Å². The highest BCUT2D eigenvalue weighted by atomic mass is 35.5. The van der Waals surface area contributed by atoms with Crippen LogP contribution in [0.4, 0.5) is 4.39 Å². The van der Waals surface area contributed by atoms with Crippen LogP contribution < -0.4 is 5.43 Å². The number of halogens is 2. The van der Waals surface area contributed by atoms with Gasteiger partial charge in [-0.05, 0) is 43.7 Å². The second kappa shape index (κ2) is 6.50. The molecule has 0 aliphatic heterocycles. The fraction of sp³-hybridized carbons (Fsp3) is 0.125. The molecule has 0 aromatic heterocycles. The summed E-state index contributed by atoms with van der Waals surface area (Å²) >= 11 is 5.95. The van der Waals surface area contributed by atoms with Gasteiger partial charge in [0.15, 0.2) is 0 Å². The van der Waals surface area contributed by atoms with Gasteiger partial charge in [-0.25, -0.2) is 9.82 Å². The lowest BCUT2D eigenvalue weighted by Crippen LogP contribution is -2.20. The van der Waals surface area contributed by atoms with Crippen LogP contribution in [0.25, 0.3) is 0 Å². The maximum atomic E-state index is 13.0. The van der Waals surface area contributed by atoms with Gasteiger partial charge in [-0.3, -0.25) is 4.79 Å². The summed E-state index contributed by atoms with van der Waals surface area (Å²) in [5.41, 5.74) is 4.97. The summed E-state index contributed by atoms with van der Waals surface area (Å²) in [7, 11) is 0. The van der Waals surface area contributed by atoms with Crippen LogP contribution in [0.5, 0.6) is 0 Å². The van der Waals surface area contributed by atoms with Gasteiger partial charge in [0, 0.05) is 11.1 Å². The Balaban J connectivity index is 2.17. The van der Waals surface area contributed by atoms with Crippen LogP contribution in [0, 0.1) is 12.7 Å². The Morgan fingerprint density at radius 1 is 1.19 bits per heavy atom. The average molecular weight is 305 g/mol. The van der Waals surface area contributed by atoms with E-state index in [0.29, 0.717) is 16.8 Å². The Hall–Kier alpha value is -2.20. The first-order valence-electron chi connectivity index (χ1n) is 6.34. The zero-order valence-electron chi connectivity index (χ0n) is 11.7. The van der Waals surface area contributed by atoms with E-state index in [9.17, 15) is 9.18 Å². The minimum atomic E-state index is -0.416. The zero-order chi connectivity index (χ0) is 15.4. The number of rotatable bonds is 3. The van der Waals surface area contributed by atoms with E-state index in [2.05, 4.69) is 10.5 Å². The lowest BCUT2D eigenvalue weighted by molar-refractivity contribution is 0.0954. The Labute approximate surface area is 127 Å². The summed E-state index contributed by atoms with van der Waals surface area (Å²) in [6, 6.07) is 11.2. The van der Waals surface area contributed by atoms with E-state index in [1.807, 2.05) is 19.1 Å². The van der Waals surface area contributed by atoms with E-state index in [0.717, 1.165) is 5.56 Å². The molecule has 0 spiro atoms. The fourth-order valence-electron chi connectivity index (χ4n) is 1.87. The van der Waals surface area contributed by atoms with Gasteiger partial charge in [0.2, 0.25) is 0 Å². The summed E-state index contributed by atoms with van der Waals surface area (Å²) in [5.74, 6) is -0.716. The summed E-state index contributed by atoms with van der Waals surface area (Å²) in [6.45, 7) is 3.54. The second-order valence-electron chi connectivity index (χ2n) is 4.58. The van der Waals surface area contributed by atoms with Crippen molar-refractivity contribution in [3.05, 3.63) is 70.0 Å². The molecule has 3 nitrogen and oxygen atoms in total. The van der Waals surface area contributed by atoms with Crippen LogP contribution in [-0.2, 0) is 0 Å². The van der Waals surface area contributed by atoms with E-state index < -0.39 is 5.82 Å². The molecular weight excluding hydrogens is 291 g/mol. The molecule has 2 aromatic rings. The van der Waals surface area contributed by atoms with Crippen LogP contribution in [0.2, 0.25) is 5.02 Å². The number of nitrogens with zero attached hydrogens (tertiary/aromatic N) is 1. The quantitative estimate of drug-likeness (QED) is 0.677. The average Bonchev–Trinajstić information content (AvgIpc) is 2.45. The Morgan fingerprint density at radius 2 is 1.90 bits per heavy atom. The molecule has 0 radical (unpaired) electrons. The number of aryl methyl sites for hydroxylation is 1. The number of hydrazone groups is 1. The van der Waals surface area contributed by atoms with Crippen LogP contribution in [0.1, 0.15) is 28.4 Å². The van der Waals surface area contributed by atoms with E-state index >= 15 is 0 Å². The summed E-state index contributed by atoms with van der Waals surface area (Å²) in [4.78, 5) is 12.0. The fourth-order valence-corrected chi connectivity index (χ4v) is 2.17. The van der Waals surface area contributed by atoms with Crippen LogP contribution in [-0.4, -0.2) is 11.6 Å². The normalized spacial score (nSPS) is 11.3. The minimum Gasteiger partial charge on any atom is -0.267 e. The van der Waals surface area contributed by atoms with Gasteiger partial charge in [-0.2, -0.15) is 5.10 Å². The van der Waals surface area contributed by atoms with Crippen molar-refractivity contribution in [1.29, 1.82) is 0 Å². The van der Waals surface area contributed by atoms with Gasteiger partial charge in [-0.1, -0.05) is 29.8 Å². The second-order valence-corrected chi connectivity index (χ2v) is 4.98. The molecule has 0 fully saturated rings. The molecule has 0 heterocycles. The van der Waals surface area contributed by atoms with Gasteiger partial charge >= 0.3 is 0 Å². The monoisotopic (exact) mass is 304 g/mol. The van der Waals surface area contributed by atoms with Crippen molar-refractivity contribution in [3.8, 4) is 0 Å². The number of nitrogens with one attached hydrogen (secondary N) is 1. The van der Waals surface area contributed by atoms with E-state index in [4.69, 9.17) is 11.6 Å². The molecule has 0 aliphatic carbocycles. The molecule has 0 saturated carbocycles. The molecule has 0 atom stereocenters. The molecule has 2 rings (SSSR count). The van der Waals surface area contributed by atoms with Crippen molar-refractivity contribution in [2.45, 2.75) is 13.8 Å². The molecule has 0 unspecified atom stereocenters. The first-order valence-corrected chi connectivity index (χ1v) is 6.72. The molecule has 0 saturated heterocycles. The topological polar surface area (TPSA) is 41.5 Å². The highest BCUT2D eigenvalue weighted by Gasteiger charge is 2.09. The number of amides is 1. The first kappa shape index (κ1) is 15.2. The van der Waals surface area contributed by atoms with Crippen molar-refractivity contribution >= 4 is 23.2 Å². The predicted molar refractivity (Wildman–Crippen MR) is 82.3 cm³/mol. The van der Waals surface area contributed by atoms with Crippen molar-refractivity contribution < 1.29 is 9.18 Å². The molecule has 21 heavy (non-hydrogen) atoms. The molecule has 108 valence electrons. The molecule has 1 amide bonds. The maximum Gasteiger partial charge on any atom is 0.271 e. The van der Waals surface area contributed by atoms with Crippen molar-refractivity contribution in [3.63, 3.8) is 0 Å². The smallest absolute Gasteiger partial charge is 0.267 e. The van der Waals surface area contributed by atoms with Crippen molar-refractivity contribution in [2.24, 2.45) is 5.10 Å². The van der Waals surface area contributed by atoms with Gasteiger partial charge in [0.1, 0.15) is 5.82 Å². The van der Waals surface area contributed by atoms with Gasteiger partial charge in [0.25, 0.3) is 5.91 Å². The Kier molecular flexibility index (Phi) is 4.70. The maximum absolute atomic E-state index is 13.0. The van der Waals surface area contributed by atoms with Gasteiger partial charge < -0.3 is 0 Å². The molecule has 2 aromatic carbocycles. The molecule has 1 N–H and O–H groups in total. The highest BCUT2D eigenvalue weighted by molar-refractivity contribution is 6.34. The lowest BCUT2D eigenvalue weighted by atomic mass is 10.1. The van der Waals surface area contributed by atoms with Gasteiger partial charge in [0.05, 0.1) is 10.7 Å². The number of carbonyl (C=O) groups excluding carboxylic acids is 1.